The molecule has 1 atom stereocenters. The molecule has 1 saturated heterocycles. The van der Waals surface area contributed by atoms with E-state index < -0.39 is 10.4 Å². The standard InChI is InChI=1S/C15H10Cl3NO/c16-11-8-6-10(7-9-11)13-15(17,18)14(20)19(13)12-4-2-1-3-5-12/h1-9,13H. The zero-order chi connectivity index (χ0) is 14.3. The van der Waals surface area contributed by atoms with Crippen molar-refractivity contribution in [2.75, 3.05) is 4.90 Å². The Morgan fingerprint density at radius 1 is 0.950 bits per heavy atom. The largest absolute Gasteiger partial charge is 0.299 e. The summed E-state index contributed by atoms with van der Waals surface area (Å²) in [7, 11) is 0. The van der Waals surface area contributed by atoms with Crippen molar-refractivity contribution in [3.63, 3.8) is 0 Å². The van der Waals surface area contributed by atoms with Gasteiger partial charge in [0.1, 0.15) is 6.04 Å². The van der Waals surface area contributed by atoms with Crippen molar-refractivity contribution in [3.05, 3.63) is 65.2 Å². The number of hydrogen-bond acceptors (Lipinski definition) is 1. The van der Waals surface area contributed by atoms with Gasteiger partial charge in [-0.2, -0.15) is 0 Å². The lowest BCUT2D eigenvalue weighted by Crippen LogP contribution is -2.62. The van der Waals surface area contributed by atoms with E-state index in [0.29, 0.717) is 5.02 Å². The SMILES string of the molecule is O=C1N(c2ccccc2)C(c2ccc(Cl)cc2)C1(Cl)Cl. The number of hydrogen-bond donors (Lipinski definition) is 0. The number of rotatable bonds is 2. The summed E-state index contributed by atoms with van der Waals surface area (Å²) in [4.78, 5) is 13.8. The highest BCUT2D eigenvalue weighted by Crippen LogP contribution is 2.52. The van der Waals surface area contributed by atoms with Gasteiger partial charge in [0, 0.05) is 10.7 Å². The summed E-state index contributed by atoms with van der Waals surface area (Å²) in [5.74, 6) is -0.313. The fourth-order valence-corrected chi connectivity index (χ4v) is 3.10. The summed E-state index contributed by atoms with van der Waals surface area (Å²) in [6.45, 7) is 0. The van der Waals surface area contributed by atoms with Crippen molar-refractivity contribution in [2.24, 2.45) is 0 Å². The van der Waals surface area contributed by atoms with E-state index in [9.17, 15) is 4.79 Å². The van der Waals surface area contributed by atoms with Crippen LogP contribution in [-0.4, -0.2) is 10.2 Å². The number of anilines is 1. The second-order valence-electron chi connectivity index (χ2n) is 4.59. The molecule has 1 aliphatic rings. The molecule has 1 heterocycles. The third-order valence-electron chi connectivity index (χ3n) is 3.33. The predicted octanol–water partition coefficient (Wildman–Crippen LogP) is 4.60. The lowest BCUT2D eigenvalue weighted by atomic mass is 9.91. The van der Waals surface area contributed by atoms with Crippen LogP contribution >= 0.6 is 34.8 Å². The number of amides is 1. The maximum Gasteiger partial charge on any atom is 0.266 e. The Labute approximate surface area is 131 Å². The highest BCUT2D eigenvalue weighted by Gasteiger charge is 2.60. The van der Waals surface area contributed by atoms with Gasteiger partial charge >= 0.3 is 0 Å². The van der Waals surface area contributed by atoms with E-state index in [-0.39, 0.29) is 5.91 Å². The summed E-state index contributed by atoms with van der Waals surface area (Å²) >= 11 is 18.2. The molecule has 1 unspecified atom stereocenters. The molecule has 1 aliphatic heterocycles. The normalized spacial score (nSPS) is 20.6. The van der Waals surface area contributed by atoms with E-state index in [1.807, 2.05) is 42.5 Å². The number of carbonyl (C=O) groups is 1. The van der Waals surface area contributed by atoms with Crippen LogP contribution in [0.4, 0.5) is 5.69 Å². The number of halogens is 3. The zero-order valence-corrected chi connectivity index (χ0v) is 12.5. The van der Waals surface area contributed by atoms with E-state index in [2.05, 4.69) is 0 Å². The summed E-state index contributed by atoms with van der Waals surface area (Å²) in [6.07, 6.45) is 0. The van der Waals surface area contributed by atoms with Gasteiger partial charge in [-0.3, -0.25) is 9.69 Å². The molecule has 20 heavy (non-hydrogen) atoms. The van der Waals surface area contributed by atoms with Gasteiger partial charge in [-0.25, -0.2) is 0 Å². The van der Waals surface area contributed by atoms with Gasteiger partial charge in [-0.05, 0) is 29.8 Å². The van der Waals surface area contributed by atoms with E-state index in [1.165, 1.54) is 0 Å². The maximum absolute atomic E-state index is 12.2. The molecular formula is C15H10Cl3NO. The molecule has 0 saturated carbocycles. The molecular weight excluding hydrogens is 317 g/mol. The number of para-hydroxylation sites is 1. The molecule has 2 aromatic carbocycles. The predicted molar refractivity (Wildman–Crippen MR) is 82.6 cm³/mol. The molecule has 0 aromatic heterocycles. The lowest BCUT2D eigenvalue weighted by Gasteiger charge is -2.49. The fraction of sp³-hybridized carbons (Fsp3) is 0.133. The van der Waals surface area contributed by atoms with Gasteiger partial charge in [0.25, 0.3) is 5.91 Å². The minimum absolute atomic E-state index is 0.313. The average Bonchev–Trinajstić information content (AvgIpc) is 2.46. The van der Waals surface area contributed by atoms with Crippen LogP contribution in [-0.2, 0) is 4.79 Å². The van der Waals surface area contributed by atoms with Gasteiger partial charge in [0.15, 0.2) is 0 Å². The number of nitrogens with zero attached hydrogens (tertiary/aromatic N) is 1. The first-order valence-corrected chi connectivity index (χ1v) is 7.17. The lowest BCUT2D eigenvalue weighted by molar-refractivity contribution is -0.125. The Kier molecular flexibility index (Phi) is 3.41. The quantitative estimate of drug-likeness (QED) is 0.583. The molecule has 0 N–H and O–H groups in total. The molecule has 0 spiro atoms. The molecule has 0 radical (unpaired) electrons. The average molecular weight is 327 g/mol. The molecule has 1 fully saturated rings. The highest BCUT2D eigenvalue weighted by atomic mass is 35.5. The second-order valence-corrected chi connectivity index (χ2v) is 6.41. The molecule has 102 valence electrons. The summed E-state index contributed by atoms with van der Waals surface area (Å²) in [6, 6.07) is 16.1. The highest BCUT2D eigenvalue weighted by molar-refractivity contribution is 6.62. The van der Waals surface area contributed by atoms with Crippen LogP contribution in [0.5, 0.6) is 0 Å². The smallest absolute Gasteiger partial charge is 0.266 e. The first kappa shape index (κ1) is 13.7. The van der Waals surface area contributed by atoms with E-state index in [1.54, 1.807) is 17.0 Å². The van der Waals surface area contributed by atoms with Crippen molar-refractivity contribution in [1.82, 2.24) is 0 Å². The number of alkyl halides is 2. The number of benzene rings is 2. The molecule has 0 aliphatic carbocycles. The van der Waals surface area contributed by atoms with Crippen LogP contribution in [0, 0.1) is 0 Å². The molecule has 2 aromatic rings. The van der Waals surface area contributed by atoms with Gasteiger partial charge in [0.05, 0.1) is 0 Å². The third kappa shape index (κ3) is 2.08. The Morgan fingerprint density at radius 3 is 2.15 bits per heavy atom. The van der Waals surface area contributed by atoms with E-state index in [4.69, 9.17) is 34.8 Å². The van der Waals surface area contributed by atoms with Crippen molar-refractivity contribution >= 4 is 46.4 Å². The Morgan fingerprint density at radius 2 is 1.55 bits per heavy atom. The van der Waals surface area contributed by atoms with Crippen LogP contribution in [0.2, 0.25) is 5.02 Å². The molecule has 3 rings (SSSR count). The van der Waals surface area contributed by atoms with Crippen LogP contribution in [0.3, 0.4) is 0 Å². The minimum Gasteiger partial charge on any atom is -0.299 e. The Balaban J connectivity index is 2.02. The Bertz CT molecular complexity index is 640. The second kappa shape index (κ2) is 4.96. The van der Waals surface area contributed by atoms with Crippen LogP contribution in [0.25, 0.3) is 0 Å². The van der Waals surface area contributed by atoms with Crippen LogP contribution in [0.1, 0.15) is 11.6 Å². The van der Waals surface area contributed by atoms with Crippen molar-refractivity contribution in [1.29, 1.82) is 0 Å². The molecule has 2 nitrogen and oxygen atoms in total. The topological polar surface area (TPSA) is 20.3 Å². The van der Waals surface area contributed by atoms with Gasteiger partial charge in [0.2, 0.25) is 4.33 Å². The summed E-state index contributed by atoms with van der Waals surface area (Å²) in [5, 5.41) is 0.625. The number of β-lactam (4-membered cyclic amide) rings is 1. The molecule has 1 amide bonds. The first-order chi connectivity index (χ1) is 9.51. The Hall–Kier alpha value is -1.22. The minimum atomic E-state index is -1.44. The van der Waals surface area contributed by atoms with Crippen LogP contribution in [0.15, 0.2) is 54.6 Å². The van der Waals surface area contributed by atoms with Crippen LogP contribution < -0.4 is 4.90 Å². The van der Waals surface area contributed by atoms with Gasteiger partial charge in [-0.15, -0.1) is 0 Å². The summed E-state index contributed by atoms with van der Waals surface area (Å²) < 4.78 is -1.44. The molecule has 0 bridgehead atoms. The maximum atomic E-state index is 12.2. The number of carbonyl (C=O) groups excluding carboxylic acids is 1. The monoisotopic (exact) mass is 325 g/mol. The van der Waals surface area contributed by atoms with Crippen molar-refractivity contribution < 1.29 is 4.79 Å². The van der Waals surface area contributed by atoms with Crippen molar-refractivity contribution in [3.8, 4) is 0 Å². The third-order valence-corrected chi connectivity index (χ3v) is 4.31. The van der Waals surface area contributed by atoms with Gasteiger partial charge in [-0.1, -0.05) is 65.1 Å². The molecule has 5 heteroatoms. The van der Waals surface area contributed by atoms with Crippen molar-refractivity contribution in [2.45, 2.75) is 10.4 Å². The van der Waals surface area contributed by atoms with Gasteiger partial charge < -0.3 is 0 Å². The zero-order valence-electron chi connectivity index (χ0n) is 10.3. The van der Waals surface area contributed by atoms with E-state index in [0.717, 1.165) is 11.3 Å². The first-order valence-electron chi connectivity index (χ1n) is 6.04. The van der Waals surface area contributed by atoms with E-state index >= 15 is 0 Å². The summed E-state index contributed by atoms with van der Waals surface area (Å²) in [5.41, 5.74) is 1.62. The fourth-order valence-electron chi connectivity index (χ4n) is 2.35.